The molecule has 1 aromatic rings. The van der Waals surface area contributed by atoms with E-state index in [0.29, 0.717) is 24.0 Å². The minimum Gasteiger partial charge on any atom is -0.330 e. The third-order valence-corrected chi connectivity index (χ3v) is 2.92. The van der Waals surface area contributed by atoms with Crippen molar-refractivity contribution in [2.45, 2.75) is 26.2 Å². The molecule has 1 amide bonds. The first-order valence-electron chi connectivity index (χ1n) is 4.59. The van der Waals surface area contributed by atoms with E-state index in [2.05, 4.69) is 24.1 Å². The molecule has 0 aliphatic rings. The fraction of sp³-hybridized carbons (Fsp3) is 0.556. The Labute approximate surface area is 87.5 Å². The van der Waals surface area contributed by atoms with Gasteiger partial charge in [-0.15, -0.1) is 11.3 Å². The molecule has 1 rings (SSSR count). The molecule has 1 aromatic heterocycles. The van der Waals surface area contributed by atoms with Crippen molar-refractivity contribution < 1.29 is 4.79 Å². The summed E-state index contributed by atoms with van der Waals surface area (Å²) in [4.78, 5) is 16.4. The molecule has 3 N–H and O–H groups in total. The van der Waals surface area contributed by atoms with Gasteiger partial charge in [0, 0.05) is 24.0 Å². The standard InChI is InChI=1S/C9H15N3OS/c1-6(2)7-5-11-9(14-7)12-8(13)3-4-10/h5-6H,3-4,10H2,1-2H3,(H,11,12,13). The molecule has 5 heteroatoms. The second-order valence-corrected chi connectivity index (χ2v) is 4.37. The zero-order chi connectivity index (χ0) is 10.6. The van der Waals surface area contributed by atoms with Gasteiger partial charge in [0.05, 0.1) is 0 Å². The summed E-state index contributed by atoms with van der Waals surface area (Å²) >= 11 is 1.51. The lowest BCUT2D eigenvalue weighted by molar-refractivity contribution is -0.116. The normalized spacial score (nSPS) is 10.6. The van der Waals surface area contributed by atoms with Crippen molar-refractivity contribution in [2.75, 3.05) is 11.9 Å². The number of nitrogens with zero attached hydrogens (tertiary/aromatic N) is 1. The lowest BCUT2D eigenvalue weighted by Crippen LogP contribution is -2.15. The third kappa shape index (κ3) is 3.08. The Hall–Kier alpha value is -0.940. The van der Waals surface area contributed by atoms with E-state index in [-0.39, 0.29) is 5.91 Å². The molecule has 0 spiro atoms. The number of hydrogen-bond donors (Lipinski definition) is 2. The molecular weight excluding hydrogens is 198 g/mol. The molecule has 0 aliphatic carbocycles. The summed E-state index contributed by atoms with van der Waals surface area (Å²) in [5, 5.41) is 3.37. The molecule has 0 saturated carbocycles. The van der Waals surface area contributed by atoms with Crippen molar-refractivity contribution in [3.8, 4) is 0 Å². The Morgan fingerprint density at radius 1 is 1.71 bits per heavy atom. The van der Waals surface area contributed by atoms with Crippen LogP contribution in [0.1, 0.15) is 31.1 Å². The largest absolute Gasteiger partial charge is 0.330 e. The summed E-state index contributed by atoms with van der Waals surface area (Å²) in [6.07, 6.45) is 2.14. The molecule has 0 aromatic carbocycles. The lowest BCUT2D eigenvalue weighted by atomic mass is 10.2. The third-order valence-electron chi connectivity index (χ3n) is 1.71. The molecule has 0 saturated heterocycles. The van der Waals surface area contributed by atoms with Crippen LogP contribution in [0.3, 0.4) is 0 Å². The number of amides is 1. The van der Waals surface area contributed by atoms with Gasteiger partial charge in [0.2, 0.25) is 5.91 Å². The molecule has 0 aliphatic heterocycles. The van der Waals surface area contributed by atoms with Crippen LogP contribution in [0.15, 0.2) is 6.20 Å². The SMILES string of the molecule is CC(C)c1cnc(NC(=O)CCN)s1. The van der Waals surface area contributed by atoms with E-state index < -0.39 is 0 Å². The molecule has 0 fully saturated rings. The first kappa shape index (κ1) is 11.1. The van der Waals surface area contributed by atoms with Crippen molar-refractivity contribution in [2.24, 2.45) is 5.73 Å². The second kappa shape index (κ2) is 5.07. The van der Waals surface area contributed by atoms with Crippen molar-refractivity contribution in [1.29, 1.82) is 0 Å². The van der Waals surface area contributed by atoms with Crippen molar-refractivity contribution in [3.05, 3.63) is 11.1 Å². The minimum absolute atomic E-state index is 0.0721. The molecule has 0 bridgehead atoms. The van der Waals surface area contributed by atoms with Crippen LogP contribution in [0, 0.1) is 0 Å². The maximum Gasteiger partial charge on any atom is 0.227 e. The van der Waals surface area contributed by atoms with Crippen LogP contribution in [-0.4, -0.2) is 17.4 Å². The van der Waals surface area contributed by atoms with E-state index in [4.69, 9.17) is 5.73 Å². The zero-order valence-electron chi connectivity index (χ0n) is 8.41. The van der Waals surface area contributed by atoms with E-state index in [1.165, 1.54) is 16.2 Å². The molecule has 14 heavy (non-hydrogen) atoms. The number of thiazole rings is 1. The molecular formula is C9H15N3OS. The Morgan fingerprint density at radius 3 is 2.93 bits per heavy atom. The van der Waals surface area contributed by atoms with Crippen LogP contribution in [0.5, 0.6) is 0 Å². The molecule has 0 atom stereocenters. The van der Waals surface area contributed by atoms with Gasteiger partial charge in [0.15, 0.2) is 5.13 Å². The van der Waals surface area contributed by atoms with Gasteiger partial charge in [-0.1, -0.05) is 13.8 Å². The summed E-state index contributed by atoms with van der Waals surface area (Å²) in [5.74, 6) is 0.379. The van der Waals surface area contributed by atoms with Gasteiger partial charge in [-0.3, -0.25) is 4.79 Å². The van der Waals surface area contributed by atoms with Crippen molar-refractivity contribution in [3.63, 3.8) is 0 Å². The number of anilines is 1. The average molecular weight is 213 g/mol. The number of aromatic nitrogens is 1. The van der Waals surface area contributed by atoms with Crippen LogP contribution in [0.25, 0.3) is 0 Å². The lowest BCUT2D eigenvalue weighted by Gasteiger charge is -1.99. The fourth-order valence-electron chi connectivity index (χ4n) is 0.924. The summed E-state index contributed by atoms with van der Waals surface area (Å²) < 4.78 is 0. The van der Waals surface area contributed by atoms with Gasteiger partial charge < -0.3 is 11.1 Å². The molecule has 78 valence electrons. The minimum atomic E-state index is -0.0721. The van der Waals surface area contributed by atoms with E-state index in [1.54, 1.807) is 6.20 Å². The Kier molecular flexibility index (Phi) is 4.03. The maximum atomic E-state index is 11.2. The molecule has 4 nitrogen and oxygen atoms in total. The number of carbonyl (C=O) groups excluding carboxylic acids is 1. The van der Waals surface area contributed by atoms with E-state index >= 15 is 0 Å². The van der Waals surface area contributed by atoms with Crippen LogP contribution >= 0.6 is 11.3 Å². The van der Waals surface area contributed by atoms with Gasteiger partial charge in [0.25, 0.3) is 0 Å². The number of nitrogens with two attached hydrogens (primary N) is 1. The highest BCUT2D eigenvalue weighted by Crippen LogP contribution is 2.24. The van der Waals surface area contributed by atoms with Crippen LogP contribution in [0.4, 0.5) is 5.13 Å². The van der Waals surface area contributed by atoms with Gasteiger partial charge in [-0.05, 0) is 5.92 Å². The summed E-state index contributed by atoms with van der Waals surface area (Å²) in [5.41, 5.74) is 5.26. The molecule has 0 radical (unpaired) electrons. The second-order valence-electron chi connectivity index (χ2n) is 3.31. The molecule has 0 unspecified atom stereocenters. The highest BCUT2D eigenvalue weighted by Gasteiger charge is 2.07. The Morgan fingerprint density at radius 2 is 2.43 bits per heavy atom. The predicted octanol–water partition coefficient (Wildman–Crippen LogP) is 1.55. The van der Waals surface area contributed by atoms with Crippen LogP contribution in [-0.2, 0) is 4.79 Å². The van der Waals surface area contributed by atoms with Crippen molar-refractivity contribution >= 4 is 22.4 Å². The van der Waals surface area contributed by atoms with Crippen LogP contribution in [0.2, 0.25) is 0 Å². The monoisotopic (exact) mass is 213 g/mol. The first-order chi connectivity index (χ1) is 6.63. The molecule has 1 heterocycles. The Bertz CT molecular complexity index is 309. The topological polar surface area (TPSA) is 68.0 Å². The number of nitrogens with one attached hydrogen (secondary N) is 1. The van der Waals surface area contributed by atoms with Gasteiger partial charge in [-0.25, -0.2) is 4.98 Å². The average Bonchev–Trinajstić information content (AvgIpc) is 2.53. The highest BCUT2D eigenvalue weighted by molar-refractivity contribution is 7.15. The van der Waals surface area contributed by atoms with Crippen LogP contribution < -0.4 is 11.1 Å². The summed E-state index contributed by atoms with van der Waals surface area (Å²) in [6, 6.07) is 0. The highest BCUT2D eigenvalue weighted by atomic mass is 32.1. The van der Waals surface area contributed by atoms with Crippen molar-refractivity contribution in [1.82, 2.24) is 4.98 Å². The summed E-state index contributed by atoms with van der Waals surface area (Å²) in [6.45, 7) is 4.56. The van der Waals surface area contributed by atoms with E-state index in [0.717, 1.165) is 0 Å². The van der Waals surface area contributed by atoms with E-state index in [1.807, 2.05) is 0 Å². The summed E-state index contributed by atoms with van der Waals surface area (Å²) in [7, 11) is 0. The van der Waals surface area contributed by atoms with Gasteiger partial charge >= 0.3 is 0 Å². The first-order valence-corrected chi connectivity index (χ1v) is 5.40. The van der Waals surface area contributed by atoms with Gasteiger partial charge in [0.1, 0.15) is 0 Å². The smallest absolute Gasteiger partial charge is 0.227 e. The fourth-order valence-corrected chi connectivity index (χ4v) is 1.76. The maximum absolute atomic E-state index is 11.2. The quantitative estimate of drug-likeness (QED) is 0.797. The number of carbonyl (C=O) groups is 1. The number of hydrogen-bond acceptors (Lipinski definition) is 4. The zero-order valence-corrected chi connectivity index (χ0v) is 9.23. The Balaban J connectivity index is 2.55. The number of rotatable bonds is 4. The van der Waals surface area contributed by atoms with Gasteiger partial charge in [-0.2, -0.15) is 0 Å². The van der Waals surface area contributed by atoms with E-state index in [9.17, 15) is 4.79 Å². The predicted molar refractivity (Wildman–Crippen MR) is 58.5 cm³/mol.